The SMILES string of the molecule is CC(NCC(C)(C)S(C)(=O)=O)C(=O)Nc1ccccc1. The summed E-state index contributed by atoms with van der Waals surface area (Å²) in [5.41, 5.74) is 0.716. The molecule has 20 heavy (non-hydrogen) atoms. The summed E-state index contributed by atoms with van der Waals surface area (Å²) in [6.07, 6.45) is 1.20. The van der Waals surface area contributed by atoms with Crippen LogP contribution >= 0.6 is 0 Å². The van der Waals surface area contributed by atoms with Gasteiger partial charge in [0.15, 0.2) is 9.84 Å². The van der Waals surface area contributed by atoms with Gasteiger partial charge in [-0.25, -0.2) is 8.42 Å². The Bertz CT molecular complexity index is 553. The molecule has 112 valence electrons. The zero-order valence-electron chi connectivity index (χ0n) is 12.3. The topological polar surface area (TPSA) is 75.3 Å². The lowest BCUT2D eigenvalue weighted by Crippen LogP contribution is -2.48. The molecule has 0 fully saturated rings. The molecule has 0 aliphatic rings. The molecule has 6 heteroatoms. The van der Waals surface area contributed by atoms with Crippen molar-refractivity contribution in [2.24, 2.45) is 0 Å². The second-order valence-corrected chi connectivity index (χ2v) is 8.14. The Morgan fingerprint density at radius 1 is 1.25 bits per heavy atom. The third kappa shape index (κ3) is 4.61. The average molecular weight is 298 g/mol. The number of para-hydroxylation sites is 1. The van der Waals surface area contributed by atoms with Crippen molar-refractivity contribution in [2.45, 2.75) is 31.6 Å². The van der Waals surface area contributed by atoms with Gasteiger partial charge in [-0.3, -0.25) is 4.79 Å². The van der Waals surface area contributed by atoms with Gasteiger partial charge in [-0.15, -0.1) is 0 Å². The Balaban J connectivity index is 2.55. The molecule has 1 aromatic rings. The number of hydrogen-bond donors (Lipinski definition) is 2. The van der Waals surface area contributed by atoms with Gasteiger partial charge in [0.1, 0.15) is 0 Å². The zero-order valence-corrected chi connectivity index (χ0v) is 13.1. The molecule has 1 amide bonds. The Labute approximate surface area is 120 Å². The number of sulfone groups is 1. The highest BCUT2D eigenvalue weighted by Crippen LogP contribution is 2.14. The highest BCUT2D eigenvalue weighted by atomic mass is 32.2. The molecule has 1 unspecified atom stereocenters. The number of hydrogen-bond acceptors (Lipinski definition) is 4. The second kappa shape index (κ2) is 6.37. The Morgan fingerprint density at radius 3 is 2.30 bits per heavy atom. The Hall–Kier alpha value is -1.40. The van der Waals surface area contributed by atoms with Gasteiger partial charge < -0.3 is 10.6 Å². The zero-order chi connectivity index (χ0) is 15.4. The smallest absolute Gasteiger partial charge is 0.241 e. The third-order valence-corrected chi connectivity index (χ3v) is 5.42. The van der Waals surface area contributed by atoms with E-state index in [1.54, 1.807) is 32.9 Å². The van der Waals surface area contributed by atoms with Gasteiger partial charge in [-0.05, 0) is 32.9 Å². The lowest BCUT2D eigenvalue weighted by atomic mass is 10.2. The molecule has 0 aliphatic heterocycles. The molecule has 1 rings (SSSR count). The van der Waals surface area contributed by atoms with E-state index in [-0.39, 0.29) is 12.5 Å². The molecule has 0 aromatic heterocycles. The molecular weight excluding hydrogens is 276 g/mol. The fourth-order valence-corrected chi connectivity index (χ4v) is 1.74. The average Bonchev–Trinajstić information content (AvgIpc) is 2.35. The number of rotatable bonds is 6. The highest BCUT2D eigenvalue weighted by molar-refractivity contribution is 7.92. The number of carbonyl (C=O) groups excluding carboxylic acids is 1. The summed E-state index contributed by atoms with van der Waals surface area (Å²) >= 11 is 0. The summed E-state index contributed by atoms with van der Waals surface area (Å²) in [6.45, 7) is 5.19. The van der Waals surface area contributed by atoms with E-state index in [1.807, 2.05) is 18.2 Å². The van der Waals surface area contributed by atoms with Crippen molar-refractivity contribution in [3.8, 4) is 0 Å². The van der Waals surface area contributed by atoms with Crippen molar-refractivity contribution in [3.63, 3.8) is 0 Å². The first-order chi connectivity index (χ1) is 9.13. The summed E-state index contributed by atoms with van der Waals surface area (Å²) in [5.74, 6) is -0.194. The molecule has 2 N–H and O–H groups in total. The van der Waals surface area contributed by atoms with E-state index in [0.717, 1.165) is 0 Å². The lowest BCUT2D eigenvalue weighted by Gasteiger charge is -2.25. The molecular formula is C14H22N2O3S. The summed E-state index contributed by atoms with van der Waals surface area (Å²) < 4.78 is 22.3. The van der Waals surface area contributed by atoms with Gasteiger partial charge in [-0.2, -0.15) is 0 Å². The van der Waals surface area contributed by atoms with E-state index in [9.17, 15) is 13.2 Å². The Morgan fingerprint density at radius 2 is 1.80 bits per heavy atom. The van der Waals surface area contributed by atoms with Crippen LogP contribution in [0.1, 0.15) is 20.8 Å². The maximum absolute atomic E-state index is 12.0. The van der Waals surface area contributed by atoms with Crippen LogP contribution in [0.25, 0.3) is 0 Å². The van der Waals surface area contributed by atoms with Gasteiger partial charge >= 0.3 is 0 Å². The summed E-state index contributed by atoms with van der Waals surface area (Å²) in [4.78, 5) is 12.0. The second-order valence-electron chi connectivity index (χ2n) is 5.49. The van der Waals surface area contributed by atoms with E-state index < -0.39 is 20.6 Å². The van der Waals surface area contributed by atoms with Gasteiger partial charge in [0.05, 0.1) is 10.8 Å². The predicted molar refractivity (Wildman–Crippen MR) is 81.5 cm³/mol. The largest absolute Gasteiger partial charge is 0.325 e. The van der Waals surface area contributed by atoms with Crippen molar-refractivity contribution < 1.29 is 13.2 Å². The number of amides is 1. The highest BCUT2D eigenvalue weighted by Gasteiger charge is 2.30. The summed E-state index contributed by atoms with van der Waals surface area (Å²) in [7, 11) is -3.18. The fraction of sp³-hybridized carbons (Fsp3) is 0.500. The van der Waals surface area contributed by atoms with Crippen LogP contribution in [-0.4, -0.2) is 37.9 Å². The van der Waals surface area contributed by atoms with Crippen LogP contribution in [0.4, 0.5) is 5.69 Å². The van der Waals surface area contributed by atoms with Crippen molar-refractivity contribution in [1.82, 2.24) is 5.32 Å². The standard InChI is InChI=1S/C14H22N2O3S/c1-11(15-10-14(2,3)20(4,18)19)13(17)16-12-8-6-5-7-9-12/h5-9,11,15H,10H2,1-4H3,(H,16,17). The third-order valence-electron chi connectivity index (χ3n) is 3.27. The van der Waals surface area contributed by atoms with Gasteiger partial charge in [0.2, 0.25) is 5.91 Å². The van der Waals surface area contributed by atoms with Crippen molar-refractivity contribution in [2.75, 3.05) is 18.1 Å². The number of nitrogens with one attached hydrogen (secondary N) is 2. The van der Waals surface area contributed by atoms with Gasteiger partial charge in [0, 0.05) is 18.5 Å². The molecule has 0 saturated heterocycles. The van der Waals surface area contributed by atoms with Crippen LogP contribution in [0.2, 0.25) is 0 Å². The maximum atomic E-state index is 12.0. The first-order valence-electron chi connectivity index (χ1n) is 6.42. The molecule has 0 heterocycles. The molecule has 1 aromatic carbocycles. The van der Waals surface area contributed by atoms with Crippen molar-refractivity contribution in [3.05, 3.63) is 30.3 Å². The molecule has 1 atom stereocenters. The molecule has 0 bridgehead atoms. The monoisotopic (exact) mass is 298 g/mol. The van der Waals surface area contributed by atoms with E-state index in [2.05, 4.69) is 10.6 Å². The predicted octanol–water partition coefficient (Wildman–Crippen LogP) is 1.43. The first kappa shape index (κ1) is 16.7. The van der Waals surface area contributed by atoms with Crippen LogP contribution in [0, 0.1) is 0 Å². The minimum atomic E-state index is -3.18. The quantitative estimate of drug-likeness (QED) is 0.833. The molecule has 5 nitrogen and oxygen atoms in total. The molecule has 0 radical (unpaired) electrons. The number of anilines is 1. The van der Waals surface area contributed by atoms with Crippen LogP contribution < -0.4 is 10.6 Å². The van der Waals surface area contributed by atoms with E-state index >= 15 is 0 Å². The van der Waals surface area contributed by atoms with Crippen molar-refractivity contribution in [1.29, 1.82) is 0 Å². The van der Waals surface area contributed by atoms with Gasteiger partial charge in [0.25, 0.3) is 0 Å². The van der Waals surface area contributed by atoms with Crippen LogP contribution in [0.15, 0.2) is 30.3 Å². The lowest BCUT2D eigenvalue weighted by molar-refractivity contribution is -0.117. The minimum Gasteiger partial charge on any atom is -0.325 e. The molecule has 0 saturated carbocycles. The molecule has 0 spiro atoms. The van der Waals surface area contributed by atoms with E-state index in [4.69, 9.17) is 0 Å². The number of benzene rings is 1. The first-order valence-corrected chi connectivity index (χ1v) is 8.31. The van der Waals surface area contributed by atoms with Crippen LogP contribution in [0.3, 0.4) is 0 Å². The summed E-state index contributed by atoms with van der Waals surface area (Å²) in [6, 6.07) is 8.65. The minimum absolute atomic E-state index is 0.194. The van der Waals surface area contributed by atoms with E-state index in [1.165, 1.54) is 6.26 Å². The van der Waals surface area contributed by atoms with Crippen molar-refractivity contribution >= 4 is 21.4 Å². The normalized spacial score (nSPS) is 13.8. The van der Waals surface area contributed by atoms with Crippen LogP contribution in [0.5, 0.6) is 0 Å². The van der Waals surface area contributed by atoms with Gasteiger partial charge in [-0.1, -0.05) is 18.2 Å². The molecule has 0 aliphatic carbocycles. The summed E-state index contributed by atoms with van der Waals surface area (Å²) in [5, 5.41) is 5.72. The van der Waals surface area contributed by atoms with E-state index in [0.29, 0.717) is 5.69 Å². The Kier molecular flexibility index (Phi) is 5.30. The van der Waals surface area contributed by atoms with Crippen LogP contribution in [-0.2, 0) is 14.6 Å². The number of carbonyl (C=O) groups is 1. The fourth-order valence-electron chi connectivity index (χ4n) is 1.39. The maximum Gasteiger partial charge on any atom is 0.241 e.